The number of hydrogen-bond donors (Lipinski definition) is 5. The maximum absolute atomic E-state index is 13.0. The molecule has 0 aromatic heterocycles. The second-order valence-electron chi connectivity index (χ2n) is 11.2. The highest BCUT2D eigenvalue weighted by molar-refractivity contribution is 5.84. The van der Waals surface area contributed by atoms with Crippen molar-refractivity contribution < 1.29 is 14.7 Å². The number of hydrazine groups is 2. The average molecular weight is 506 g/mol. The summed E-state index contributed by atoms with van der Waals surface area (Å²) in [4.78, 5) is 26.6. The number of unbranched alkanes of at least 4 members (excludes halogenated alkanes) is 1. The van der Waals surface area contributed by atoms with Crippen LogP contribution in [-0.4, -0.2) is 34.1 Å². The van der Waals surface area contributed by atoms with Crippen molar-refractivity contribution in [3.8, 4) is 11.1 Å². The van der Waals surface area contributed by atoms with Crippen LogP contribution in [0.25, 0.3) is 11.1 Å². The highest BCUT2D eigenvalue weighted by Crippen LogP contribution is 2.76. The summed E-state index contributed by atoms with van der Waals surface area (Å²) in [7, 11) is 0. The fourth-order valence-electron chi connectivity index (χ4n) is 5.65. The van der Waals surface area contributed by atoms with E-state index in [4.69, 9.17) is 0 Å². The molecule has 198 valence electrons. The summed E-state index contributed by atoms with van der Waals surface area (Å²) in [5.41, 5.74) is 18.5. The van der Waals surface area contributed by atoms with E-state index >= 15 is 0 Å². The number of carboxylic acid groups (broad SMARTS) is 1. The first-order valence-electron chi connectivity index (χ1n) is 13.6. The van der Waals surface area contributed by atoms with E-state index in [2.05, 4.69) is 46.0 Å². The highest BCUT2D eigenvalue weighted by atomic mass is 16.4. The van der Waals surface area contributed by atoms with Crippen molar-refractivity contribution in [2.24, 2.45) is 17.3 Å². The Morgan fingerprint density at radius 1 is 1.03 bits per heavy atom. The van der Waals surface area contributed by atoms with E-state index in [0.29, 0.717) is 11.8 Å². The minimum atomic E-state index is -0.958. The maximum Gasteiger partial charge on any atom is 0.326 e. The molecule has 3 fully saturated rings. The third kappa shape index (κ3) is 5.29. The Balaban J connectivity index is 1.31. The lowest BCUT2D eigenvalue weighted by Crippen LogP contribution is -2.66. The molecule has 0 radical (unpaired) electrons. The van der Waals surface area contributed by atoms with Crippen LogP contribution >= 0.6 is 0 Å². The fraction of sp³-hybridized carbons (Fsp3) is 0.517. The van der Waals surface area contributed by atoms with E-state index in [-0.39, 0.29) is 30.7 Å². The molecule has 0 spiro atoms. The molecule has 1 heterocycles. The average Bonchev–Trinajstić information content (AvgIpc) is 3.78. The fourth-order valence-corrected chi connectivity index (χ4v) is 5.65. The van der Waals surface area contributed by atoms with Gasteiger partial charge in [0.2, 0.25) is 5.91 Å². The van der Waals surface area contributed by atoms with Gasteiger partial charge in [0.1, 0.15) is 12.2 Å². The van der Waals surface area contributed by atoms with E-state index < -0.39 is 12.0 Å². The summed E-state index contributed by atoms with van der Waals surface area (Å²) < 4.78 is 0. The molecule has 8 heteroatoms. The minimum Gasteiger partial charge on any atom is -0.480 e. The number of carbonyl (C=O) groups excluding carboxylic acids is 1. The van der Waals surface area contributed by atoms with E-state index in [1.54, 1.807) is 4.90 Å². The van der Waals surface area contributed by atoms with Crippen molar-refractivity contribution in [3.05, 3.63) is 59.7 Å². The molecule has 8 nitrogen and oxygen atoms in total. The number of nitrogens with one attached hydrogen (secondary N) is 4. The molecular weight excluding hydrogens is 466 g/mol. The van der Waals surface area contributed by atoms with Gasteiger partial charge in [-0.3, -0.25) is 4.79 Å². The molecule has 5 rings (SSSR count). The Morgan fingerprint density at radius 2 is 1.68 bits per heavy atom. The SMILES string of the molecule is CCCCC(=O)N(Cc1ccc(-c2ccccc2C2NNC(C34CC3C4)NN2)cc1)C(C(=O)O)C(C)C. The van der Waals surface area contributed by atoms with Gasteiger partial charge in [-0.25, -0.2) is 26.5 Å². The summed E-state index contributed by atoms with van der Waals surface area (Å²) in [5, 5.41) is 9.86. The molecule has 1 saturated heterocycles. The van der Waals surface area contributed by atoms with Gasteiger partial charge in [0.25, 0.3) is 0 Å². The van der Waals surface area contributed by atoms with Crippen molar-refractivity contribution in [2.75, 3.05) is 0 Å². The number of aliphatic carboxylic acids is 1. The number of amides is 1. The molecule has 2 aromatic rings. The van der Waals surface area contributed by atoms with Gasteiger partial charge in [-0.05, 0) is 53.4 Å². The molecule has 37 heavy (non-hydrogen) atoms. The second-order valence-corrected chi connectivity index (χ2v) is 11.2. The third-order valence-electron chi connectivity index (χ3n) is 8.24. The van der Waals surface area contributed by atoms with Gasteiger partial charge >= 0.3 is 5.97 Å². The van der Waals surface area contributed by atoms with Gasteiger partial charge < -0.3 is 10.0 Å². The Bertz CT molecular complexity index is 1120. The van der Waals surface area contributed by atoms with Crippen molar-refractivity contribution in [1.82, 2.24) is 26.6 Å². The first-order chi connectivity index (χ1) is 17.8. The van der Waals surface area contributed by atoms with Gasteiger partial charge in [0.15, 0.2) is 0 Å². The quantitative estimate of drug-likeness (QED) is 0.315. The van der Waals surface area contributed by atoms with Gasteiger partial charge in [-0.15, -0.1) is 0 Å². The van der Waals surface area contributed by atoms with Crippen LogP contribution in [0.2, 0.25) is 0 Å². The van der Waals surface area contributed by atoms with Crippen LogP contribution in [0.5, 0.6) is 0 Å². The molecule has 0 bridgehead atoms. The molecule has 1 aliphatic heterocycles. The van der Waals surface area contributed by atoms with Crippen LogP contribution in [0.15, 0.2) is 48.5 Å². The number of nitrogens with zero attached hydrogens (tertiary/aromatic N) is 1. The van der Waals surface area contributed by atoms with Crippen LogP contribution in [0, 0.1) is 17.3 Å². The molecule has 2 saturated carbocycles. The normalized spacial score (nSPS) is 26.9. The summed E-state index contributed by atoms with van der Waals surface area (Å²) in [6, 6.07) is 15.5. The molecule has 2 aliphatic carbocycles. The van der Waals surface area contributed by atoms with Crippen LogP contribution in [0.4, 0.5) is 0 Å². The minimum absolute atomic E-state index is 0.0893. The summed E-state index contributed by atoms with van der Waals surface area (Å²) in [6.45, 7) is 6.02. The monoisotopic (exact) mass is 505 g/mol. The third-order valence-corrected chi connectivity index (χ3v) is 8.24. The van der Waals surface area contributed by atoms with Crippen LogP contribution in [0.3, 0.4) is 0 Å². The number of carbonyl (C=O) groups is 2. The van der Waals surface area contributed by atoms with E-state index in [9.17, 15) is 14.7 Å². The zero-order valence-electron chi connectivity index (χ0n) is 22.0. The van der Waals surface area contributed by atoms with Gasteiger partial charge in [-0.1, -0.05) is 75.7 Å². The van der Waals surface area contributed by atoms with Crippen LogP contribution in [-0.2, 0) is 16.1 Å². The number of benzene rings is 2. The molecule has 1 unspecified atom stereocenters. The van der Waals surface area contributed by atoms with Crippen molar-refractivity contribution in [1.29, 1.82) is 0 Å². The Hall–Kier alpha value is -2.78. The summed E-state index contributed by atoms with van der Waals surface area (Å²) in [6.07, 6.45) is 4.79. The summed E-state index contributed by atoms with van der Waals surface area (Å²) in [5.74, 6) is -0.362. The van der Waals surface area contributed by atoms with Crippen molar-refractivity contribution in [3.63, 3.8) is 0 Å². The highest BCUT2D eigenvalue weighted by Gasteiger charge is 2.73. The van der Waals surface area contributed by atoms with Crippen molar-refractivity contribution >= 4 is 11.9 Å². The van der Waals surface area contributed by atoms with Gasteiger partial charge in [0.05, 0.1) is 6.17 Å². The number of hydrogen-bond acceptors (Lipinski definition) is 6. The first-order valence-corrected chi connectivity index (χ1v) is 13.6. The second kappa shape index (κ2) is 10.5. The molecule has 1 atom stereocenters. The lowest BCUT2D eigenvalue weighted by Gasteiger charge is -2.35. The number of rotatable bonds is 11. The van der Waals surface area contributed by atoms with Crippen molar-refractivity contribution in [2.45, 2.75) is 77.8 Å². The molecular formula is C29H39N5O3. The number of fused-ring (bicyclic) bond motifs is 1. The van der Waals surface area contributed by atoms with Crippen LogP contribution in [0.1, 0.15) is 70.2 Å². The summed E-state index contributed by atoms with van der Waals surface area (Å²) >= 11 is 0. The van der Waals surface area contributed by atoms with E-state index in [0.717, 1.165) is 41.0 Å². The standard InChI is InChI=1S/C29H39N5O3/c1-4-5-10-24(35)34(25(18(2)3)27(36)37)17-19-11-13-20(14-12-19)22-8-6-7-9-23(22)26-30-32-28(33-31-26)29-15-21(29)16-29/h6-9,11-14,18,21,25-26,28,30-33H,4-5,10,15-17H2,1-3H3,(H,36,37). The van der Waals surface area contributed by atoms with Gasteiger partial charge in [-0.2, -0.15) is 0 Å². The largest absolute Gasteiger partial charge is 0.480 e. The zero-order chi connectivity index (χ0) is 26.2. The zero-order valence-corrected chi connectivity index (χ0v) is 22.0. The smallest absolute Gasteiger partial charge is 0.326 e. The Kier molecular flexibility index (Phi) is 7.36. The van der Waals surface area contributed by atoms with Crippen LogP contribution < -0.4 is 21.7 Å². The lowest BCUT2D eigenvalue weighted by atomic mass is 9.96. The molecule has 2 aromatic carbocycles. The number of carboxylic acids is 1. The predicted octanol–water partition coefficient (Wildman–Crippen LogP) is 3.92. The first kappa shape index (κ1) is 25.9. The molecule has 3 aliphatic rings. The van der Waals surface area contributed by atoms with E-state index in [1.807, 2.05) is 45.0 Å². The maximum atomic E-state index is 13.0. The van der Waals surface area contributed by atoms with E-state index in [1.165, 1.54) is 12.8 Å². The Labute approximate surface area is 219 Å². The Morgan fingerprint density at radius 3 is 2.24 bits per heavy atom. The predicted molar refractivity (Wildman–Crippen MR) is 142 cm³/mol. The lowest BCUT2D eigenvalue weighted by molar-refractivity contribution is -0.153. The molecule has 1 amide bonds. The topological polar surface area (TPSA) is 106 Å². The van der Waals surface area contributed by atoms with Gasteiger partial charge in [0, 0.05) is 18.4 Å². The molecule has 5 N–H and O–H groups in total.